The molecule has 3 heterocycles. The van der Waals surface area contributed by atoms with Gasteiger partial charge in [-0.2, -0.15) is 18.2 Å². The summed E-state index contributed by atoms with van der Waals surface area (Å²) in [7, 11) is 1.25. The maximum atomic E-state index is 14.7. The Balaban J connectivity index is 1.27. The van der Waals surface area contributed by atoms with Crippen molar-refractivity contribution in [3.05, 3.63) is 107 Å². The molecular formula is C38H30ClF3N4O5. The summed E-state index contributed by atoms with van der Waals surface area (Å²) in [5.41, 5.74) is -1.15. The maximum Gasteiger partial charge on any atom is 0.433 e. The number of alkyl halides is 3. The molecule has 3 fully saturated rings. The van der Waals surface area contributed by atoms with E-state index < -0.39 is 76.3 Å². The molecule has 9 nitrogen and oxygen atoms in total. The lowest BCUT2D eigenvalue weighted by Crippen LogP contribution is -2.49. The Labute approximate surface area is 294 Å². The normalized spacial score (nSPS) is 27.4. The van der Waals surface area contributed by atoms with E-state index in [2.05, 4.69) is 4.98 Å². The van der Waals surface area contributed by atoms with E-state index in [0.717, 1.165) is 21.5 Å². The number of hydrogen-bond acceptors (Lipinski definition) is 7. The van der Waals surface area contributed by atoms with Crippen LogP contribution in [0.1, 0.15) is 36.9 Å². The molecule has 4 aliphatic rings. The second kappa shape index (κ2) is 11.4. The Morgan fingerprint density at radius 3 is 2.33 bits per heavy atom. The van der Waals surface area contributed by atoms with Gasteiger partial charge in [0.05, 0.1) is 33.9 Å². The molecule has 1 aromatic heterocycles. The highest BCUT2D eigenvalue weighted by Gasteiger charge is 2.68. The monoisotopic (exact) mass is 714 g/mol. The van der Waals surface area contributed by atoms with Crippen LogP contribution in [0.3, 0.4) is 0 Å². The largest absolute Gasteiger partial charge is 0.508 e. The molecule has 8 rings (SSSR count). The molecule has 1 saturated carbocycles. The van der Waals surface area contributed by atoms with Crippen LogP contribution in [0.2, 0.25) is 5.02 Å². The van der Waals surface area contributed by atoms with Crippen molar-refractivity contribution in [2.24, 2.45) is 29.1 Å². The number of nitrogens with zero attached hydrogens (tertiary/aromatic N) is 4. The van der Waals surface area contributed by atoms with Gasteiger partial charge in [-0.3, -0.25) is 24.2 Å². The molecule has 6 atom stereocenters. The Kier molecular flexibility index (Phi) is 7.36. The molecule has 2 aliphatic carbocycles. The van der Waals surface area contributed by atoms with Gasteiger partial charge in [0.15, 0.2) is 5.82 Å². The first kappa shape index (κ1) is 32.9. The number of aromatic hydroxyl groups is 1. The third-order valence-electron chi connectivity index (χ3n) is 11.2. The Bertz CT molecular complexity index is 2210. The fourth-order valence-electron chi connectivity index (χ4n) is 8.92. The SMILES string of the molecule is CN(c1nc(C(F)(F)F)ccc1Cl)N1C(=O)C2CC=C3C(CC4C(=O)N(c5ccccc5)C(=O)C4(C)C3c3c(O)ccc4ccccc34)C2C1=O. The van der Waals surface area contributed by atoms with Crippen molar-refractivity contribution < 1.29 is 37.5 Å². The van der Waals surface area contributed by atoms with Crippen molar-refractivity contribution >= 4 is 57.5 Å². The number of fused-ring (bicyclic) bond motifs is 5. The topological polar surface area (TPSA) is 111 Å². The smallest absolute Gasteiger partial charge is 0.433 e. The first-order chi connectivity index (χ1) is 24.2. The predicted molar refractivity (Wildman–Crippen MR) is 181 cm³/mol. The van der Waals surface area contributed by atoms with Gasteiger partial charge in [-0.05, 0) is 66.8 Å². The van der Waals surface area contributed by atoms with Gasteiger partial charge >= 0.3 is 6.18 Å². The number of aromatic nitrogens is 1. The number of halogens is 4. The van der Waals surface area contributed by atoms with Crippen LogP contribution in [-0.4, -0.2) is 45.8 Å². The molecule has 0 radical (unpaired) electrons. The van der Waals surface area contributed by atoms with Crippen LogP contribution in [0.25, 0.3) is 10.8 Å². The van der Waals surface area contributed by atoms with Gasteiger partial charge in [0.1, 0.15) is 11.4 Å². The average molecular weight is 715 g/mol. The average Bonchev–Trinajstić information content (AvgIpc) is 3.48. The molecule has 2 aliphatic heterocycles. The highest BCUT2D eigenvalue weighted by Crippen LogP contribution is 2.65. The standard InChI is InChI=1S/C38H30ClF3N4O5/c1-37-25(34(49)45(36(37)51)20-9-4-3-5-10-20)18-24-22(31(37)30-21-11-7-6-8-19(21)12-16-27(30)47)13-14-23-29(24)35(50)46(33(23)48)44(2)32-26(39)15-17-28(43-32)38(40,41)42/h3-13,15-17,23-25,29,31,47H,14,18H2,1-2H3. The molecule has 0 bridgehead atoms. The number of pyridine rings is 1. The molecule has 1 N–H and O–H groups in total. The van der Waals surface area contributed by atoms with E-state index in [4.69, 9.17) is 11.6 Å². The van der Waals surface area contributed by atoms with Crippen molar-refractivity contribution in [2.45, 2.75) is 31.9 Å². The minimum absolute atomic E-state index is 0.0541. The van der Waals surface area contributed by atoms with Crippen LogP contribution in [0.5, 0.6) is 5.75 Å². The zero-order valence-corrected chi connectivity index (χ0v) is 28.0. The Morgan fingerprint density at radius 1 is 0.902 bits per heavy atom. The third-order valence-corrected chi connectivity index (χ3v) is 11.5. The molecule has 6 unspecified atom stereocenters. The lowest BCUT2D eigenvalue weighted by molar-refractivity contribution is -0.141. The number of carbonyl (C=O) groups excluding carboxylic acids is 4. The summed E-state index contributed by atoms with van der Waals surface area (Å²) >= 11 is 6.27. The number of rotatable bonds is 4. The first-order valence-corrected chi connectivity index (χ1v) is 16.8. The van der Waals surface area contributed by atoms with Crippen LogP contribution in [0.15, 0.2) is 90.5 Å². The van der Waals surface area contributed by atoms with Gasteiger partial charge in [-0.25, -0.2) is 9.88 Å². The van der Waals surface area contributed by atoms with Gasteiger partial charge in [-0.15, -0.1) is 0 Å². The number of carbonyl (C=O) groups is 4. The van der Waals surface area contributed by atoms with Crippen LogP contribution in [0, 0.1) is 29.1 Å². The minimum atomic E-state index is -4.80. The van der Waals surface area contributed by atoms with Crippen LogP contribution in [0.4, 0.5) is 24.7 Å². The number of para-hydroxylation sites is 1. The fraction of sp³-hybridized carbons (Fsp3) is 0.289. The lowest BCUT2D eigenvalue weighted by Gasteiger charge is -2.49. The van der Waals surface area contributed by atoms with E-state index in [1.807, 2.05) is 30.3 Å². The van der Waals surface area contributed by atoms with E-state index >= 15 is 0 Å². The number of allylic oxidation sites excluding steroid dienone is 2. The Hall–Kier alpha value is -5.23. The number of phenolic OH excluding ortho intramolecular Hbond substituents is 1. The fourth-order valence-corrected chi connectivity index (χ4v) is 9.15. The van der Waals surface area contributed by atoms with Crippen LogP contribution < -0.4 is 9.91 Å². The minimum Gasteiger partial charge on any atom is -0.508 e. The predicted octanol–water partition coefficient (Wildman–Crippen LogP) is 6.89. The molecule has 0 spiro atoms. The molecule has 3 aromatic carbocycles. The summed E-state index contributed by atoms with van der Waals surface area (Å²) in [5.74, 6) is -7.17. The zero-order valence-electron chi connectivity index (χ0n) is 27.3. The quantitative estimate of drug-likeness (QED) is 0.181. The van der Waals surface area contributed by atoms with Gasteiger partial charge in [0, 0.05) is 18.5 Å². The molecular weight excluding hydrogens is 685 g/mol. The van der Waals surface area contributed by atoms with Crippen LogP contribution in [-0.2, 0) is 25.4 Å². The highest BCUT2D eigenvalue weighted by atomic mass is 35.5. The van der Waals surface area contributed by atoms with Crippen molar-refractivity contribution in [2.75, 3.05) is 17.0 Å². The van der Waals surface area contributed by atoms with Crippen molar-refractivity contribution in [1.29, 1.82) is 0 Å². The summed E-state index contributed by atoms with van der Waals surface area (Å²) in [4.78, 5) is 62.5. The van der Waals surface area contributed by atoms with Gasteiger partial charge < -0.3 is 5.11 Å². The molecule has 2 saturated heterocycles. The first-order valence-electron chi connectivity index (χ1n) is 16.4. The summed E-state index contributed by atoms with van der Waals surface area (Å²) in [6.45, 7) is 1.73. The second-order valence-electron chi connectivity index (χ2n) is 13.7. The molecule has 4 amide bonds. The lowest BCUT2D eigenvalue weighted by atomic mass is 9.51. The summed E-state index contributed by atoms with van der Waals surface area (Å²) < 4.78 is 40.8. The highest BCUT2D eigenvalue weighted by molar-refractivity contribution is 6.33. The van der Waals surface area contributed by atoms with E-state index in [1.54, 1.807) is 49.4 Å². The third kappa shape index (κ3) is 4.65. The van der Waals surface area contributed by atoms with E-state index in [-0.39, 0.29) is 23.6 Å². The number of imide groups is 2. The van der Waals surface area contributed by atoms with Crippen molar-refractivity contribution in [3.63, 3.8) is 0 Å². The zero-order chi connectivity index (χ0) is 36.1. The molecule has 4 aromatic rings. The van der Waals surface area contributed by atoms with Crippen molar-refractivity contribution in [3.8, 4) is 5.75 Å². The number of amides is 4. The van der Waals surface area contributed by atoms with E-state index in [1.165, 1.54) is 11.9 Å². The van der Waals surface area contributed by atoms with E-state index in [9.17, 15) is 37.5 Å². The molecule has 13 heteroatoms. The van der Waals surface area contributed by atoms with Crippen LogP contribution >= 0.6 is 11.6 Å². The number of hydrogen-bond donors (Lipinski definition) is 1. The maximum absolute atomic E-state index is 14.7. The summed E-state index contributed by atoms with van der Waals surface area (Å²) in [6.07, 6.45) is -2.82. The van der Waals surface area contributed by atoms with Gasteiger partial charge in [-0.1, -0.05) is 71.8 Å². The van der Waals surface area contributed by atoms with Crippen molar-refractivity contribution in [1.82, 2.24) is 9.99 Å². The van der Waals surface area contributed by atoms with E-state index in [0.29, 0.717) is 28.3 Å². The number of benzene rings is 3. The van der Waals surface area contributed by atoms with Gasteiger partial charge in [0.25, 0.3) is 11.8 Å². The Morgan fingerprint density at radius 2 is 1.61 bits per heavy atom. The van der Waals surface area contributed by atoms with Gasteiger partial charge in [0.2, 0.25) is 11.8 Å². The summed E-state index contributed by atoms with van der Waals surface area (Å²) in [5, 5.41) is 14.6. The number of phenols is 1. The number of hydrazine groups is 1. The number of anilines is 2. The molecule has 51 heavy (non-hydrogen) atoms. The summed E-state index contributed by atoms with van der Waals surface area (Å²) in [6, 6.07) is 21.0. The second-order valence-corrected chi connectivity index (χ2v) is 14.1. The molecule has 260 valence electrons.